The number of carbonyl (C=O) groups is 11. The number of aliphatic hydroxyl groups excluding tert-OH is 1. The van der Waals surface area contributed by atoms with E-state index in [1.165, 1.54) is 31.1 Å². The molecule has 95 heavy (non-hydrogen) atoms. The van der Waals surface area contributed by atoms with E-state index in [1.807, 2.05) is 32.0 Å². The molecular formula is C68H107N11O15S. The average Bonchev–Trinajstić information content (AvgIpc) is 1.78. The number of nitrogens with two attached hydrogens (primary N) is 1. The Hall–Kier alpha value is -7.36. The number of methoxy groups -OCH3 is 2. The van der Waals surface area contributed by atoms with Gasteiger partial charge in [-0.05, 0) is 92.4 Å². The van der Waals surface area contributed by atoms with Gasteiger partial charge < -0.3 is 66.8 Å². The molecule has 12 amide bonds. The molecule has 0 aliphatic carbocycles. The van der Waals surface area contributed by atoms with Crippen molar-refractivity contribution in [2.75, 3.05) is 53.3 Å². The predicted octanol–water partition coefficient (Wildman–Crippen LogP) is 5.21. The van der Waals surface area contributed by atoms with Gasteiger partial charge in [-0.1, -0.05) is 118 Å². The topological polar surface area (TPSA) is 347 Å². The second-order valence-corrected chi connectivity index (χ2v) is 26.8. The molecule has 9 N–H and O–H groups in total. The number of hydrogen-bond donors (Lipinski definition) is 9. The molecule has 2 saturated heterocycles. The summed E-state index contributed by atoms with van der Waals surface area (Å²) >= 11 is 4.15. The number of thiol groups is 1. The number of primary amides is 1. The van der Waals surface area contributed by atoms with Gasteiger partial charge in [0.1, 0.15) is 30.8 Å². The van der Waals surface area contributed by atoms with Crippen LogP contribution in [0.2, 0.25) is 0 Å². The number of carbonyl (C=O) groups excluding carboxylic acids is 11. The normalized spacial score (nSPS) is 18.3. The Morgan fingerprint density at radius 1 is 0.747 bits per heavy atom. The number of nitrogens with zero attached hydrogens (tertiary/aromatic N) is 4. The number of unbranched alkanes of at least 4 members (excludes halogenated alkanes) is 2. The van der Waals surface area contributed by atoms with Crippen molar-refractivity contribution in [1.29, 1.82) is 0 Å². The molecular weight excluding hydrogens is 1240 g/mol. The lowest BCUT2D eigenvalue weighted by Gasteiger charge is -2.41. The van der Waals surface area contributed by atoms with Gasteiger partial charge in [0.05, 0.1) is 54.0 Å². The third kappa shape index (κ3) is 23.5. The van der Waals surface area contributed by atoms with E-state index in [1.54, 1.807) is 109 Å². The van der Waals surface area contributed by atoms with E-state index in [0.717, 1.165) is 0 Å². The van der Waals surface area contributed by atoms with Crippen molar-refractivity contribution in [2.24, 2.45) is 35.3 Å². The Morgan fingerprint density at radius 3 is 1.97 bits per heavy atom. The third-order valence-electron chi connectivity index (χ3n) is 18.0. The van der Waals surface area contributed by atoms with Crippen LogP contribution in [0.4, 0.5) is 15.3 Å². The summed E-state index contributed by atoms with van der Waals surface area (Å²) in [4.78, 5) is 153. The number of imide groups is 1. The minimum absolute atomic E-state index is 0.0628. The molecule has 4 rings (SSSR count). The number of ether oxygens (including phenoxy) is 3. The van der Waals surface area contributed by atoms with Gasteiger partial charge in [0.2, 0.25) is 53.2 Å². The molecule has 26 nitrogen and oxygen atoms in total. The number of aliphatic hydroxyl groups is 1. The van der Waals surface area contributed by atoms with E-state index in [4.69, 9.17) is 19.9 Å². The lowest BCUT2D eigenvalue weighted by Crippen LogP contribution is -2.60. The molecule has 2 aliphatic rings. The maximum Gasteiger partial charge on any atom is 0.410 e. The van der Waals surface area contributed by atoms with Crippen LogP contribution in [0.1, 0.15) is 157 Å². The van der Waals surface area contributed by atoms with Gasteiger partial charge in [-0.15, -0.1) is 0 Å². The molecule has 2 fully saturated rings. The first-order chi connectivity index (χ1) is 44.9. The summed E-state index contributed by atoms with van der Waals surface area (Å²) in [6.45, 7) is 18.6. The molecule has 0 saturated carbocycles. The molecule has 2 aliphatic heterocycles. The van der Waals surface area contributed by atoms with Gasteiger partial charge in [0, 0.05) is 66.5 Å². The van der Waals surface area contributed by atoms with Gasteiger partial charge in [-0.2, -0.15) is 12.6 Å². The Kier molecular flexibility index (Phi) is 32.9. The molecule has 0 bridgehead atoms. The molecule has 0 spiro atoms. The Balaban J connectivity index is 1.37. The molecule has 530 valence electrons. The average molecular weight is 1350 g/mol. The fourth-order valence-corrected chi connectivity index (χ4v) is 12.6. The smallest absolute Gasteiger partial charge is 0.410 e. The van der Waals surface area contributed by atoms with Crippen LogP contribution in [0.5, 0.6) is 0 Å². The number of nitrogens with one attached hydrogen (secondary N) is 6. The van der Waals surface area contributed by atoms with Crippen molar-refractivity contribution in [3.63, 3.8) is 0 Å². The van der Waals surface area contributed by atoms with Crippen molar-refractivity contribution in [2.45, 2.75) is 212 Å². The van der Waals surface area contributed by atoms with Crippen LogP contribution in [0.15, 0.2) is 54.6 Å². The van der Waals surface area contributed by atoms with Gasteiger partial charge in [-0.3, -0.25) is 53.0 Å². The molecule has 2 aromatic carbocycles. The maximum absolute atomic E-state index is 14.8. The zero-order valence-electron chi connectivity index (χ0n) is 58.0. The fourth-order valence-electron chi connectivity index (χ4n) is 12.3. The minimum Gasteiger partial charge on any atom is -0.445 e. The summed E-state index contributed by atoms with van der Waals surface area (Å²) in [6, 6.07) is 8.73. The number of likely N-dealkylation sites (N-methyl/N-ethyl adjacent to an activating group) is 2. The van der Waals surface area contributed by atoms with Gasteiger partial charge in [-0.25, -0.2) is 9.59 Å². The first-order valence-corrected chi connectivity index (χ1v) is 33.8. The van der Waals surface area contributed by atoms with Gasteiger partial charge in [0.25, 0.3) is 0 Å². The van der Waals surface area contributed by atoms with Crippen LogP contribution in [0.3, 0.4) is 0 Å². The first kappa shape index (κ1) is 80.1. The van der Waals surface area contributed by atoms with Crippen LogP contribution < -0.4 is 37.6 Å². The highest BCUT2D eigenvalue weighted by atomic mass is 32.1. The Labute approximate surface area is 566 Å². The zero-order chi connectivity index (χ0) is 71.0. The Morgan fingerprint density at radius 2 is 1.40 bits per heavy atom. The Bertz CT molecular complexity index is 2890. The lowest BCUT2D eigenvalue weighted by atomic mass is 9.89. The number of anilines is 1. The van der Waals surface area contributed by atoms with Gasteiger partial charge in [0.15, 0.2) is 0 Å². The predicted molar refractivity (Wildman–Crippen MR) is 362 cm³/mol. The summed E-state index contributed by atoms with van der Waals surface area (Å²) in [5.41, 5.74) is 6.77. The highest BCUT2D eigenvalue weighted by Crippen LogP contribution is 2.31. The maximum atomic E-state index is 14.8. The van der Waals surface area contributed by atoms with E-state index < -0.39 is 125 Å². The van der Waals surface area contributed by atoms with E-state index in [0.29, 0.717) is 61.9 Å². The molecule has 2 aromatic rings. The first-order valence-electron chi connectivity index (χ1n) is 33.3. The second-order valence-electron chi connectivity index (χ2n) is 26.2. The zero-order valence-corrected chi connectivity index (χ0v) is 58.9. The van der Waals surface area contributed by atoms with Crippen LogP contribution in [-0.4, -0.2) is 198 Å². The number of likely N-dealkylation sites (tertiary alicyclic amines) is 2. The summed E-state index contributed by atoms with van der Waals surface area (Å²) in [5.74, 6) is -5.88. The molecule has 0 radical (unpaired) electrons. The SMILES string of the molecule is CC[C@H](C)[C@@H]([C@@H](CC(=O)N1CCC[C@H]1[C@H](OC)[C@@H](C)C(=O)N[C@H](C)[C@@H](O)c1ccccc1)OC)N(C)C(=O)[C@@H](NC(=O)[C@H](C(C)C)N(C)C(=O)OCc1ccc(NC(=O)[C@H](CCCNC(N)=O)NC(=O)[C@@H](NC(=O)CCCCCN2C(=O)CC(S)C2=O)C(C)C)cc1)C(C)C. The fraction of sp³-hybridized carbons (Fsp3) is 0.662. The second kappa shape index (κ2) is 39.0. The third-order valence-corrected chi connectivity index (χ3v) is 18.4. The van der Waals surface area contributed by atoms with Gasteiger partial charge >= 0.3 is 12.1 Å². The van der Waals surface area contributed by atoms with Crippen molar-refractivity contribution in [3.05, 3.63) is 65.7 Å². The van der Waals surface area contributed by atoms with E-state index in [-0.39, 0.29) is 87.3 Å². The molecule has 27 heteroatoms. The number of benzene rings is 2. The van der Waals surface area contributed by atoms with E-state index >= 15 is 0 Å². The summed E-state index contributed by atoms with van der Waals surface area (Å²) < 4.78 is 17.8. The molecule has 0 aromatic heterocycles. The standard InChI is InChI=1S/C68H107N11O15S/c1-15-42(8)58(50(92-13)36-53(81)78-35-23-27-49(78)60(93-14)43(9)61(84)71-44(10)59(83)46-24-18-16-19-25-46)76(11)66(89)56(40(4)5)75-64(87)57(41(6)7)77(12)68(91)94-38-45-29-31-47(32-30-45)72-62(85)48(26-22-33-70-67(69)90)73-63(86)55(39(2)3)74-52(80)28-20-17-21-34-79-54(82)37-51(95)65(79)88/h16,18-19,24-25,29-32,39-44,48-51,55-60,83,95H,15,17,20-23,26-28,33-38H2,1-14H3,(H,71,84)(H,72,85)(H,73,86)(H,74,80)(H,75,87)(H3,69,70,90)/t42-,43+,44+,48-,49-,50+,51?,55-,56-,57-,58-,59+,60+/m0/s1. The molecule has 13 atom stereocenters. The summed E-state index contributed by atoms with van der Waals surface area (Å²) in [7, 11) is 6.08. The largest absolute Gasteiger partial charge is 0.445 e. The highest BCUT2D eigenvalue weighted by molar-refractivity contribution is 7.81. The van der Waals surface area contributed by atoms with Crippen LogP contribution in [0.25, 0.3) is 0 Å². The van der Waals surface area contributed by atoms with E-state index in [9.17, 15) is 57.8 Å². The van der Waals surface area contributed by atoms with Crippen molar-refractivity contribution in [3.8, 4) is 0 Å². The highest BCUT2D eigenvalue weighted by Gasteiger charge is 2.44. The minimum atomic E-state index is -1.12. The van der Waals surface area contributed by atoms with Crippen LogP contribution in [0, 0.1) is 29.6 Å². The monoisotopic (exact) mass is 1350 g/mol. The van der Waals surface area contributed by atoms with Crippen molar-refractivity contribution >= 4 is 83.6 Å². The summed E-state index contributed by atoms with van der Waals surface area (Å²) in [5, 5.41) is 27.0. The van der Waals surface area contributed by atoms with Crippen molar-refractivity contribution in [1.82, 2.24) is 46.2 Å². The van der Waals surface area contributed by atoms with Crippen molar-refractivity contribution < 1.29 is 72.1 Å². The van der Waals surface area contributed by atoms with Crippen LogP contribution >= 0.6 is 12.6 Å². The molecule has 2 heterocycles. The number of amides is 12. The lowest BCUT2D eigenvalue weighted by molar-refractivity contribution is -0.148. The van der Waals surface area contributed by atoms with Crippen LogP contribution in [-0.2, 0) is 64.0 Å². The number of hydrogen-bond acceptors (Lipinski definition) is 16. The number of rotatable bonds is 38. The summed E-state index contributed by atoms with van der Waals surface area (Å²) in [6.07, 6.45) is 0.559. The molecule has 1 unspecified atom stereocenters. The quantitative estimate of drug-likeness (QED) is 0.0237. The van der Waals surface area contributed by atoms with E-state index in [2.05, 4.69) is 44.5 Å². The number of urea groups is 1.